The number of likely N-dealkylation sites (tertiary alicyclic amines) is 1. The van der Waals surface area contributed by atoms with Gasteiger partial charge in [-0.3, -0.25) is 9.69 Å². The van der Waals surface area contributed by atoms with Crippen LogP contribution in [0.25, 0.3) is 0 Å². The van der Waals surface area contributed by atoms with Gasteiger partial charge in [-0.1, -0.05) is 12.1 Å². The maximum atomic E-state index is 12.4. The van der Waals surface area contributed by atoms with Crippen molar-refractivity contribution in [2.75, 3.05) is 47.5 Å². The average Bonchev–Trinajstić information content (AvgIpc) is 2.56. The largest absolute Gasteiger partial charge is 0.497 e. The van der Waals surface area contributed by atoms with E-state index < -0.39 is 0 Å². The van der Waals surface area contributed by atoms with Gasteiger partial charge in [0.2, 0.25) is 5.91 Å². The zero-order valence-electron chi connectivity index (χ0n) is 14.5. The highest BCUT2D eigenvalue weighted by Gasteiger charge is 2.22. The maximum Gasteiger partial charge on any atom is 0.236 e. The number of amides is 1. The van der Waals surface area contributed by atoms with E-state index in [1.807, 2.05) is 31.3 Å². The van der Waals surface area contributed by atoms with E-state index in [4.69, 9.17) is 9.47 Å². The first-order valence-corrected chi connectivity index (χ1v) is 8.20. The molecular formula is C18H28N2O3. The number of carbonyl (C=O) groups excluding carboxylic acids is 1. The summed E-state index contributed by atoms with van der Waals surface area (Å²) in [6, 6.07) is 7.84. The highest BCUT2D eigenvalue weighted by Crippen LogP contribution is 2.17. The molecule has 0 aliphatic carbocycles. The van der Waals surface area contributed by atoms with Gasteiger partial charge in [0, 0.05) is 27.2 Å². The molecule has 1 amide bonds. The molecule has 1 heterocycles. The van der Waals surface area contributed by atoms with Crippen molar-refractivity contribution in [1.29, 1.82) is 0 Å². The fourth-order valence-electron chi connectivity index (χ4n) is 3.07. The van der Waals surface area contributed by atoms with E-state index in [9.17, 15) is 4.79 Å². The molecule has 5 nitrogen and oxygen atoms in total. The molecule has 1 aromatic carbocycles. The number of carbonyl (C=O) groups is 1. The van der Waals surface area contributed by atoms with E-state index in [2.05, 4.69) is 4.90 Å². The molecule has 0 saturated carbocycles. The Morgan fingerprint density at radius 2 is 2.04 bits per heavy atom. The van der Waals surface area contributed by atoms with Gasteiger partial charge in [-0.25, -0.2) is 0 Å². The lowest BCUT2D eigenvalue weighted by molar-refractivity contribution is -0.132. The Hall–Kier alpha value is -1.59. The smallest absolute Gasteiger partial charge is 0.236 e. The second kappa shape index (κ2) is 8.89. The minimum atomic E-state index is 0.166. The number of hydrogen-bond acceptors (Lipinski definition) is 4. The maximum absolute atomic E-state index is 12.4. The standard InChI is InChI=1S/C18H28N2O3/c1-19(11-15-6-8-17(23-3)9-7-15)18(21)13-20-10-4-5-16(12-20)14-22-2/h6-9,16H,4-5,10-14H2,1-3H3/t16-/m0/s1. The first kappa shape index (κ1) is 17.8. The molecule has 0 N–H and O–H groups in total. The number of rotatable bonds is 7. The van der Waals surface area contributed by atoms with E-state index in [0.29, 0.717) is 19.0 Å². The molecule has 128 valence electrons. The molecule has 0 aromatic heterocycles. The van der Waals surface area contributed by atoms with Crippen molar-refractivity contribution >= 4 is 5.91 Å². The molecule has 0 spiro atoms. The molecular weight excluding hydrogens is 292 g/mol. The highest BCUT2D eigenvalue weighted by atomic mass is 16.5. The molecule has 1 aliphatic heterocycles. The van der Waals surface area contributed by atoms with Crippen LogP contribution in [0.15, 0.2) is 24.3 Å². The molecule has 0 unspecified atom stereocenters. The van der Waals surface area contributed by atoms with Gasteiger partial charge in [-0.15, -0.1) is 0 Å². The van der Waals surface area contributed by atoms with Crippen LogP contribution < -0.4 is 4.74 Å². The molecule has 1 saturated heterocycles. The lowest BCUT2D eigenvalue weighted by Crippen LogP contribution is -2.43. The van der Waals surface area contributed by atoms with Gasteiger partial charge in [-0.2, -0.15) is 0 Å². The van der Waals surface area contributed by atoms with E-state index in [1.54, 1.807) is 19.1 Å². The fraction of sp³-hybridized carbons (Fsp3) is 0.611. The minimum absolute atomic E-state index is 0.166. The van der Waals surface area contributed by atoms with Gasteiger partial charge in [0.25, 0.3) is 0 Å². The van der Waals surface area contributed by atoms with Gasteiger partial charge >= 0.3 is 0 Å². The van der Waals surface area contributed by atoms with Gasteiger partial charge in [0.15, 0.2) is 0 Å². The number of methoxy groups -OCH3 is 2. The Bertz CT molecular complexity index is 488. The van der Waals surface area contributed by atoms with Crippen molar-refractivity contribution in [2.45, 2.75) is 19.4 Å². The van der Waals surface area contributed by atoms with Gasteiger partial charge in [0.1, 0.15) is 5.75 Å². The van der Waals surface area contributed by atoms with E-state index >= 15 is 0 Å². The lowest BCUT2D eigenvalue weighted by Gasteiger charge is -2.32. The third kappa shape index (κ3) is 5.52. The van der Waals surface area contributed by atoms with Crippen molar-refractivity contribution < 1.29 is 14.3 Å². The van der Waals surface area contributed by atoms with Crippen LogP contribution in [-0.4, -0.2) is 63.2 Å². The summed E-state index contributed by atoms with van der Waals surface area (Å²) in [5.74, 6) is 1.55. The molecule has 0 bridgehead atoms. The molecule has 2 rings (SSSR count). The van der Waals surface area contributed by atoms with Crippen LogP contribution in [-0.2, 0) is 16.1 Å². The molecule has 5 heteroatoms. The predicted octanol–water partition coefficient (Wildman–Crippen LogP) is 2.01. The Morgan fingerprint density at radius 1 is 1.30 bits per heavy atom. The van der Waals surface area contributed by atoms with Crippen molar-refractivity contribution in [1.82, 2.24) is 9.80 Å². The van der Waals surface area contributed by atoms with Crippen LogP contribution in [0.1, 0.15) is 18.4 Å². The molecule has 1 aliphatic rings. The number of ether oxygens (including phenoxy) is 2. The zero-order chi connectivity index (χ0) is 16.7. The topological polar surface area (TPSA) is 42.0 Å². The van der Waals surface area contributed by atoms with Crippen molar-refractivity contribution in [3.05, 3.63) is 29.8 Å². The van der Waals surface area contributed by atoms with Crippen LogP contribution in [0.2, 0.25) is 0 Å². The summed E-state index contributed by atoms with van der Waals surface area (Å²) in [7, 11) is 5.26. The van der Waals surface area contributed by atoms with Gasteiger partial charge in [0.05, 0.1) is 20.3 Å². The van der Waals surface area contributed by atoms with Crippen LogP contribution in [0, 0.1) is 5.92 Å². The molecule has 0 radical (unpaired) electrons. The average molecular weight is 320 g/mol. The summed E-state index contributed by atoms with van der Waals surface area (Å²) in [5, 5.41) is 0. The summed E-state index contributed by atoms with van der Waals surface area (Å²) >= 11 is 0. The number of hydrogen-bond donors (Lipinski definition) is 0. The van der Waals surface area contributed by atoms with Gasteiger partial charge < -0.3 is 14.4 Å². The number of nitrogens with zero attached hydrogens (tertiary/aromatic N) is 2. The number of likely N-dealkylation sites (N-methyl/N-ethyl adjacent to an activating group) is 1. The SMILES string of the molecule is COC[C@H]1CCCN(CC(=O)N(C)Cc2ccc(OC)cc2)C1. The summed E-state index contributed by atoms with van der Waals surface area (Å²) in [6.07, 6.45) is 2.34. The summed E-state index contributed by atoms with van der Waals surface area (Å²) in [4.78, 5) is 16.5. The molecule has 1 atom stereocenters. The Labute approximate surface area is 139 Å². The number of benzene rings is 1. The minimum Gasteiger partial charge on any atom is -0.497 e. The van der Waals surface area contributed by atoms with Crippen LogP contribution >= 0.6 is 0 Å². The van der Waals surface area contributed by atoms with Crippen molar-refractivity contribution in [3.63, 3.8) is 0 Å². The Balaban J connectivity index is 1.81. The van der Waals surface area contributed by atoms with E-state index in [-0.39, 0.29) is 5.91 Å². The van der Waals surface area contributed by atoms with Crippen molar-refractivity contribution in [2.24, 2.45) is 5.92 Å². The Kier molecular flexibility index (Phi) is 6.86. The highest BCUT2D eigenvalue weighted by molar-refractivity contribution is 5.78. The normalized spacial score (nSPS) is 18.7. The van der Waals surface area contributed by atoms with Crippen LogP contribution in [0.4, 0.5) is 0 Å². The van der Waals surface area contributed by atoms with Gasteiger partial charge in [-0.05, 0) is 43.0 Å². The quantitative estimate of drug-likeness (QED) is 0.771. The monoisotopic (exact) mass is 320 g/mol. The van der Waals surface area contributed by atoms with Crippen molar-refractivity contribution in [3.8, 4) is 5.75 Å². The van der Waals surface area contributed by atoms with E-state index in [1.165, 1.54) is 6.42 Å². The van der Waals surface area contributed by atoms with Crippen LogP contribution in [0.3, 0.4) is 0 Å². The molecule has 1 aromatic rings. The fourth-order valence-corrected chi connectivity index (χ4v) is 3.07. The number of piperidine rings is 1. The molecule has 23 heavy (non-hydrogen) atoms. The summed E-state index contributed by atoms with van der Waals surface area (Å²) in [5.41, 5.74) is 1.11. The van der Waals surface area contributed by atoms with Crippen LogP contribution in [0.5, 0.6) is 5.75 Å². The lowest BCUT2D eigenvalue weighted by atomic mass is 9.99. The summed E-state index contributed by atoms with van der Waals surface area (Å²) in [6.45, 7) is 3.86. The first-order chi connectivity index (χ1) is 11.1. The third-order valence-corrected chi connectivity index (χ3v) is 4.37. The zero-order valence-corrected chi connectivity index (χ0v) is 14.5. The second-order valence-corrected chi connectivity index (χ2v) is 6.30. The predicted molar refractivity (Wildman–Crippen MR) is 90.5 cm³/mol. The van der Waals surface area contributed by atoms with E-state index in [0.717, 1.165) is 37.4 Å². The first-order valence-electron chi connectivity index (χ1n) is 8.20. The summed E-state index contributed by atoms with van der Waals surface area (Å²) < 4.78 is 10.4. The third-order valence-electron chi connectivity index (χ3n) is 4.37. The molecule has 1 fully saturated rings. The second-order valence-electron chi connectivity index (χ2n) is 6.30. The Morgan fingerprint density at radius 3 is 2.70 bits per heavy atom.